The van der Waals surface area contributed by atoms with Gasteiger partial charge in [-0.2, -0.15) is 0 Å². The first-order valence-electron chi connectivity index (χ1n) is 6.69. The third-order valence-corrected chi connectivity index (χ3v) is 3.45. The second kappa shape index (κ2) is 5.74. The molecular formula is C16H14ClFN2O. The van der Waals surface area contributed by atoms with Gasteiger partial charge in [0.15, 0.2) is 0 Å². The normalized spacial score (nSPS) is 11.0. The van der Waals surface area contributed by atoms with E-state index in [4.69, 9.17) is 16.3 Å². The molecule has 0 radical (unpaired) electrons. The predicted molar refractivity (Wildman–Crippen MR) is 81.8 cm³/mol. The van der Waals surface area contributed by atoms with Crippen LogP contribution in [0.15, 0.2) is 42.5 Å². The summed E-state index contributed by atoms with van der Waals surface area (Å²) in [6, 6.07) is 12.1. The van der Waals surface area contributed by atoms with Crippen LogP contribution < -0.4 is 4.74 Å². The van der Waals surface area contributed by atoms with E-state index in [1.165, 1.54) is 12.1 Å². The van der Waals surface area contributed by atoms with Gasteiger partial charge in [0.05, 0.1) is 29.2 Å². The Hall–Kier alpha value is -2.07. The van der Waals surface area contributed by atoms with Crippen LogP contribution >= 0.6 is 11.6 Å². The molecule has 0 unspecified atom stereocenters. The average molecular weight is 305 g/mol. The van der Waals surface area contributed by atoms with E-state index in [0.717, 1.165) is 11.4 Å². The van der Waals surface area contributed by atoms with Crippen LogP contribution in [0.25, 0.3) is 16.7 Å². The van der Waals surface area contributed by atoms with E-state index in [0.29, 0.717) is 23.5 Å². The maximum atomic E-state index is 13.6. The van der Waals surface area contributed by atoms with Crippen LogP contribution in [0.3, 0.4) is 0 Å². The third kappa shape index (κ3) is 2.47. The summed E-state index contributed by atoms with van der Waals surface area (Å²) in [7, 11) is 0. The van der Waals surface area contributed by atoms with E-state index in [9.17, 15) is 4.39 Å². The Morgan fingerprint density at radius 1 is 1.24 bits per heavy atom. The average Bonchev–Trinajstić information content (AvgIpc) is 2.86. The fraction of sp³-hybridized carbons (Fsp3) is 0.188. The first kappa shape index (κ1) is 13.9. The Balaban J connectivity index is 2.30. The van der Waals surface area contributed by atoms with E-state index < -0.39 is 0 Å². The second-order valence-corrected chi connectivity index (χ2v) is 4.80. The molecule has 0 amide bonds. The molecule has 0 bridgehead atoms. The molecule has 3 rings (SSSR count). The highest BCUT2D eigenvalue weighted by molar-refractivity contribution is 6.17. The summed E-state index contributed by atoms with van der Waals surface area (Å²) >= 11 is 6.00. The van der Waals surface area contributed by atoms with Crippen molar-refractivity contribution in [2.75, 3.05) is 6.61 Å². The topological polar surface area (TPSA) is 27.1 Å². The summed E-state index contributed by atoms with van der Waals surface area (Å²) in [6.45, 7) is 2.47. The van der Waals surface area contributed by atoms with E-state index in [-0.39, 0.29) is 11.7 Å². The van der Waals surface area contributed by atoms with Crippen molar-refractivity contribution in [1.82, 2.24) is 9.55 Å². The van der Waals surface area contributed by atoms with E-state index in [1.807, 2.05) is 35.8 Å². The number of alkyl halides is 1. The van der Waals surface area contributed by atoms with E-state index in [2.05, 4.69) is 4.98 Å². The molecule has 0 N–H and O–H groups in total. The van der Waals surface area contributed by atoms with Crippen LogP contribution in [0, 0.1) is 5.82 Å². The number of ether oxygens (including phenoxy) is 1. The van der Waals surface area contributed by atoms with Crippen LogP contribution in [0.5, 0.6) is 5.75 Å². The summed E-state index contributed by atoms with van der Waals surface area (Å²) < 4.78 is 21.1. The van der Waals surface area contributed by atoms with Gasteiger partial charge in [0.25, 0.3) is 0 Å². The first-order chi connectivity index (χ1) is 10.2. The molecule has 3 aromatic rings. The fourth-order valence-corrected chi connectivity index (χ4v) is 2.56. The Morgan fingerprint density at radius 3 is 2.81 bits per heavy atom. The number of para-hydroxylation sites is 2. The number of aromatic nitrogens is 2. The van der Waals surface area contributed by atoms with Gasteiger partial charge < -0.3 is 4.74 Å². The quantitative estimate of drug-likeness (QED) is 0.672. The molecule has 108 valence electrons. The minimum absolute atomic E-state index is 0.233. The van der Waals surface area contributed by atoms with Gasteiger partial charge in [-0.1, -0.05) is 12.1 Å². The van der Waals surface area contributed by atoms with E-state index in [1.54, 1.807) is 6.07 Å². The summed E-state index contributed by atoms with van der Waals surface area (Å²) in [5, 5.41) is 0. The number of hydrogen-bond donors (Lipinski definition) is 0. The Morgan fingerprint density at radius 2 is 2.05 bits per heavy atom. The number of imidazole rings is 1. The SMILES string of the molecule is CCOc1ccccc1-n1c(CCl)nc2ccc(F)cc21. The molecule has 1 heterocycles. The lowest BCUT2D eigenvalue weighted by atomic mass is 10.2. The molecular weight excluding hydrogens is 291 g/mol. The molecule has 0 aliphatic carbocycles. The lowest BCUT2D eigenvalue weighted by Crippen LogP contribution is -2.03. The maximum absolute atomic E-state index is 13.6. The molecule has 2 aromatic carbocycles. The van der Waals surface area contributed by atoms with Gasteiger partial charge in [-0.3, -0.25) is 4.57 Å². The number of hydrogen-bond acceptors (Lipinski definition) is 2. The molecule has 0 atom stereocenters. The fourth-order valence-electron chi connectivity index (χ4n) is 2.38. The predicted octanol–water partition coefficient (Wildman–Crippen LogP) is 4.30. The van der Waals surface area contributed by atoms with Gasteiger partial charge in [0.2, 0.25) is 0 Å². The molecule has 0 saturated carbocycles. The summed E-state index contributed by atoms with van der Waals surface area (Å²) in [6.07, 6.45) is 0. The number of halogens is 2. The van der Waals surface area contributed by atoms with Crippen molar-refractivity contribution >= 4 is 22.6 Å². The molecule has 5 heteroatoms. The molecule has 0 aliphatic rings. The largest absolute Gasteiger partial charge is 0.492 e. The van der Waals surface area contributed by atoms with Crippen molar-refractivity contribution in [3.8, 4) is 11.4 Å². The summed E-state index contributed by atoms with van der Waals surface area (Å²) in [5.74, 6) is 1.30. The van der Waals surface area contributed by atoms with Crippen LogP contribution in [0.4, 0.5) is 4.39 Å². The highest BCUT2D eigenvalue weighted by Crippen LogP contribution is 2.29. The molecule has 0 aliphatic heterocycles. The van der Waals surface area contributed by atoms with Gasteiger partial charge in [-0.25, -0.2) is 9.37 Å². The zero-order valence-electron chi connectivity index (χ0n) is 11.5. The Kier molecular flexibility index (Phi) is 3.80. The van der Waals surface area contributed by atoms with Gasteiger partial charge >= 0.3 is 0 Å². The van der Waals surface area contributed by atoms with E-state index >= 15 is 0 Å². The number of nitrogens with zero attached hydrogens (tertiary/aromatic N) is 2. The molecule has 0 fully saturated rings. The zero-order chi connectivity index (χ0) is 14.8. The van der Waals surface area contributed by atoms with Crippen LogP contribution in [-0.4, -0.2) is 16.2 Å². The highest BCUT2D eigenvalue weighted by atomic mass is 35.5. The Bertz CT molecular complexity index is 785. The third-order valence-electron chi connectivity index (χ3n) is 3.21. The van der Waals surface area contributed by atoms with Gasteiger partial charge in [-0.05, 0) is 31.2 Å². The maximum Gasteiger partial charge on any atom is 0.143 e. The van der Waals surface area contributed by atoms with Crippen molar-refractivity contribution in [1.29, 1.82) is 0 Å². The van der Waals surface area contributed by atoms with Crippen molar-refractivity contribution in [2.24, 2.45) is 0 Å². The second-order valence-electron chi connectivity index (χ2n) is 4.53. The summed E-state index contributed by atoms with van der Waals surface area (Å²) in [4.78, 5) is 4.46. The van der Waals surface area contributed by atoms with Crippen LogP contribution in [-0.2, 0) is 5.88 Å². The van der Waals surface area contributed by atoms with Gasteiger partial charge in [0, 0.05) is 6.07 Å². The monoisotopic (exact) mass is 304 g/mol. The minimum Gasteiger partial charge on any atom is -0.492 e. The molecule has 1 aromatic heterocycles. The molecule has 3 nitrogen and oxygen atoms in total. The van der Waals surface area contributed by atoms with Gasteiger partial charge in [0.1, 0.15) is 17.4 Å². The van der Waals surface area contributed by atoms with Crippen molar-refractivity contribution in [2.45, 2.75) is 12.8 Å². The van der Waals surface area contributed by atoms with Crippen LogP contribution in [0.1, 0.15) is 12.7 Å². The van der Waals surface area contributed by atoms with Crippen molar-refractivity contribution in [3.63, 3.8) is 0 Å². The standard InChI is InChI=1S/C16H14ClFN2O/c1-2-21-15-6-4-3-5-13(15)20-14-9-11(18)7-8-12(14)19-16(20)10-17/h3-9H,2,10H2,1H3. The van der Waals surface area contributed by atoms with Crippen molar-refractivity contribution < 1.29 is 9.13 Å². The first-order valence-corrected chi connectivity index (χ1v) is 7.23. The lowest BCUT2D eigenvalue weighted by molar-refractivity contribution is 0.339. The molecule has 21 heavy (non-hydrogen) atoms. The number of benzene rings is 2. The van der Waals surface area contributed by atoms with Crippen molar-refractivity contribution in [3.05, 3.63) is 54.1 Å². The van der Waals surface area contributed by atoms with Gasteiger partial charge in [-0.15, -0.1) is 11.6 Å². The Labute approximate surface area is 126 Å². The summed E-state index contributed by atoms with van der Waals surface area (Å²) in [5.41, 5.74) is 2.19. The lowest BCUT2D eigenvalue weighted by Gasteiger charge is -2.13. The smallest absolute Gasteiger partial charge is 0.143 e. The zero-order valence-corrected chi connectivity index (χ0v) is 12.3. The number of rotatable bonds is 4. The van der Waals surface area contributed by atoms with Crippen LogP contribution in [0.2, 0.25) is 0 Å². The highest BCUT2D eigenvalue weighted by Gasteiger charge is 2.15. The molecule has 0 spiro atoms. The minimum atomic E-state index is -0.307. The number of fused-ring (bicyclic) bond motifs is 1. The molecule has 0 saturated heterocycles.